The molecule has 2 unspecified atom stereocenters. The maximum absolute atomic E-state index is 11.9. The third-order valence-electron chi connectivity index (χ3n) is 2.62. The van der Waals surface area contributed by atoms with Gasteiger partial charge in [0.05, 0.1) is 5.25 Å². The largest absolute Gasteiger partial charge is 0.330 e. The van der Waals surface area contributed by atoms with Gasteiger partial charge in [-0.25, -0.2) is 0 Å². The van der Waals surface area contributed by atoms with Crippen LogP contribution in [0.4, 0.5) is 0 Å². The van der Waals surface area contributed by atoms with Gasteiger partial charge in [0.15, 0.2) is 0 Å². The Morgan fingerprint density at radius 2 is 2.25 bits per heavy atom. The molecular formula is C11H20N2O2S. The number of rotatable bonds is 6. The summed E-state index contributed by atoms with van der Waals surface area (Å²) in [7, 11) is 0. The summed E-state index contributed by atoms with van der Waals surface area (Å²) in [4.78, 5) is 24.9. The van der Waals surface area contributed by atoms with E-state index >= 15 is 0 Å². The molecule has 92 valence electrons. The summed E-state index contributed by atoms with van der Waals surface area (Å²) in [5.41, 5.74) is 5.47. The van der Waals surface area contributed by atoms with E-state index in [0.29, 0.717) is 24.8 Å². The number of likely N-dealkylation sites (tertiary alicyclic amines) is 1. The van der Waals surface area contributed by atoms with E-state index < -0.39 is 0 Å². The van der Waals surface area contributed by atoms with Gasteiger partial charge in [0.1, 0.15) is 0 Å². The molecule has 2 amide bonds. The molecule has 1 aliphatic rings. The molecular weight excluding hydrogens is 224 g/mol. The predicted molar refractivity (Wildman–Crippen MR) is 66.1 cm³/mol. The molecule has 2 N–H and O–H groups in total. The van der Waals surface area contributed by atoms with Gasteiger partial charge in [0.25, 0.3) is 0 Å². The average Bonchev–Trinajstić information content (AvgIpc) is 2.47. The fraction of sp³-hybridized carbons (Fsp3) is 0.818. The number of carbonyl (C=O) groups is 2. The molecule has 1 aliphatic heterocycles. The van der Waals surface area contributed by atoms with Crippen LogP contribution >= 0.6 is 11.8 Å². The predicted octanol–water partition coefficient (Wildman–Crippen LogP) is 0.994. The number of hydrogen-bond donors (Lipinski definition) is 1. The quantitative estimate of drug-likeness (QED) is 0.708. The second-order valence-electron chi connectivity index (χ2n) is 4.10. The second kappa shape index (κ2) is 6.25. The zero-order valence-corrected chi connectivity index (χ0v) is 10.8. The van der Waals surface area contributed by atoms with Crippen LogP contribution in [-0.2, 0) is 9.59 Å². The van der Waals surface area contributed by atoms with Crippen LogP contribution in [0.1, 0.15) is 33.1 Å². The highest BCUT2D eigenvalue weighted by atomic mass is 32.2. The fourth-order valence-electron chi connectivity index (χ4n) is 1.80. The first kappa shape index (κ1) is 13.5. The Hall–Kier alpha value is -0.550. The molecule has 0 aliphatic carbocycles. The number of nitrogens with zero attached hydrogens (tertiary/aromatic N) is 1. The zero-order valence-electron chi connectivity index (χ0n) is 9.94. The van der Waals surface area contributed by atoms with Gasteiger partial charge in [-0.05, 0) is 19.4 Å². The van der Waals surface area contributed by atoms with Crippen molar-refractivity contribution >= 4 is 23.6 Å². The summed E-state index contributed by atoms with van der Waals surface area (Å²) in [6.45, 7) is 5.21. The molecule has 0 bridgehead atoms. The summed E-state index contributed by atoms with van der Waals surface area (Å²) in [6.07, 6.45) is 2.07. The van der Waals surface area contributed by atoms with Crippen molar-refractivity contribution in [3.05, 3.63) is 0 Å². The van der Waals surface area contributed by atoms with E-state index in [1.54, 1.807) is 11.8 Å². The molecule has 0 saturated carbocycles. The van der Waals surface area contributed by atoms with Gasteiger partial charge in [0, 0.05) is 18.2 Å². The first-order chi connectivity index (χ1) is 7.60. The van der Waals surface area contributed by atoms with Gasteiger partial charge in [-0.2, -0.15) is 0 Å². The van der Waals surface area contributed by atoms with Crippen molar-refractivity contribution in [2.75, 3.05) is 13.1 Å². The number of hydrogen-bond acceptors (Lipinski definition) is 4. The molecule has 4 nitrogen and oxygen atoms in total. The molecule has 1 rings (SSSR count). The Morgan fingerprint density at radius 3 is 2.81 bits per heavy atom. The lowest BCUT2D eigenvalue weighted by Gasteiger charge is -2.15. The lowest BCUT2D eigenvalue weighted by molar-refractivity contribution is -0.138. The van der Waals surface area contributed by atoms with E-state index in [4.69, 9.17) is 5.73 Å². The van der Waals surface area contributed by atoms with E-state index in [2.05, 4.69) is 6.92 Å². The normalized spacial score (nSPS) is 22.9. The zero-order chi connectivity index (χ0) is 12.1. The molecule has 0 aromatic carbocycles. The summed E-state index contributed by atoms with van der Waals surface area (Å²) in [6, 6.07) is 0. The van der Waals surface area contributed by atoms with Crippen LogP contribution in [-0.4, -0.2) is 40.3 Å². The molecule has 1 saturated heterocycles. The van der Waals surface area contributed by atoms with Gasteiger partial charge in [0.2, 0.25) is 11.8 Å². The lowest BCUT2D eigenvalue weighted by Crippen LogP contribution is -2.32. The average molecular weight is 244 g/mol. The molecule has 0 spiro atoms. The number of nitrogens with two attached hydrogens (primary N) is 1. The van der Waals surface area contributed by atoms with Crippen molar-refractivity contribution in [1.82, 2.24) is 4.90 Å². The van der Waals surface area contributed by atoms with Crippen molar-refractivity contribution < 1.29 is 9.59 Å². The van der Waals surface area contributed by atoms with E-state index in [1.165, 1.54) is 4.90 Å². The minimum Gasteiger partial charge on any atom is -0.330 e. The number of carbonyl (C=O) groups excluding carboxylic acids is 2. The topological polar surface area (TPSA) is 63.4 Å². The minimum absolute atomic E-state index is 0.0132. The van der Waals surface area contributed by atoms with Crippen LogP contribution in [0.15, 0.2) is 0 Å². The molecule has 2 atom stereocenters. The fourth-order valence-corrected chi connectivity index (χ4v) is 3.12. The van der Waals surface area contributed by atoms with Crippen LogP contribution in [0.5, 0.6) is 0 Å². The first-order valence-electron chi connectivity index (χ1n) is 5.79. The Balaban J connectivity index is 2.51. The Kier molecular flexibility index (Phi) is 5.28. The van der Waals surface area contributed by atoms with Gasteiger partial charge in [-0.15, -0.1) is 11.8 Å². The highest BCUT2D eigenvalue weighted by Crippen LogP contribution is 2.29. The van der Waals surface area contributed by atoms with Gasteiger partial charge >= 0.3 is 0 Å². The molecule has 5 heteroatoms. The second-order valence-corrected chi connectivity index (χ2v) is 5.75. The number of imide groups is 1. The third kappa shape index (κ3) is 3.22. The number of amides is 2. The molecule has 1 heterocycles. The van der Waals surface area contributed by atoms with E-state index in [-0.39, 0.29) is 17.1 Å². The van der Waals surface area contributed by atoms with Crippen LogP contribution in [0.2, 0.25) is 0 Å². The maximum Gasteiger partial charge on any atom is 0.242 e. The number of thioether (sulfide) groups is 1. The van der Waals surface area contributed by atoms with Crippen LogP contribution in [0, 0.1) is 0 Å². The van der Waals surface area contributed by atoms with Crippen molar-refractivity contribution in [2.24, 2.45) is 5.73 Å². The van der Waals surface area contributed by atoms with Crippen molar-refractivity contribution in [3.63, 3.8) is 0 Å². The smallest absolute Gasteiger partial charge is 0.242 e. The summed E-state index contributed by atoms with van der Waals surface area (Å²) in [5.74, 6) is -0.0370. The first-order valence-corrected chi connectivity index (χ1v) is 6.74. The maximum atomic E-state index is 11.9. The molecule has 0 radical (unpaired) electrons. The monoisotopic (exact) mass is 244 g/mol. The minimum atomic E-state index is -0.180. The third-order valence-corrected chi connectivity index (χ3v) is 4.02. The highest BCUT2D eigenvalue weighted by Gasteiger charge is 2.38. The van der Waals surface area contributed by atoms with Crippen molar-refractivity contribution in [3.8, 4) is 0 Å². The SMILES string of the molecule is CCCN1C(=O)CC(SC(C)CCN)C1=O. The van der Waals surface area contributed by atoms with Crippen LogP contribution in [0.3, 0.4) is 0 Å². The lowest BCUT2D eigenvalue weighted by atomic mass is 10.3. The van der Waals surface area contributed by atoms with Crippen LogP contribution < -0.4 is 5.73 Å². The van der Waals surface area contributed by atoms with Gasteiger partial charge in [-0.3, -0.25) is 14.5 Å². The Labute approximate surface area is 101 Å². The van der Waals surface area contributed by atoms with E-state index in [0.717, 1.165) is 12.8 Å². The van der Waals surface area contributed by atoms with Gasteiger partial charge < -0.3 is 5.73 Å². The Bertz CT molecular complexity index is 271. The summed E-state index contributed by atoms with van der Waals surface area (Å²) < 4.78 is 0. The van der Waals surface area contributed by atoms with Crippen molar-refractivity contribution in [2.45, 2.75) is 43.6 Å². The Morgan fingerprint density at radius 1 is 1.56 bits per heavy atom. The summed E-state index contributed by atoms with van der Waals surface area (Å²) >= 11 is 1.58. The van der Waals surface area contributed by atoms with Crippen molar-refractivity contribution in [1.29, 1.82) is 0 Å². The highest BCUT2D eigenvalue weighted by molar-refractivity contribution is 8.01. The standard InChI is InChI=1S/C11H20N2O2S/c1-3-6-13-10(14)7-9(11(13)15)16-8(2)4-5-12/h8-9H,3-7,12H2,1-2H3. The van der Waals surface area contributed by atoms with E-state index in [1.807, 2.05) is 6.92 Å². The summed E-state index contributed by atoms with van der Waals surface area (Å²) in [5, 5.41) is 0.161. The molecule has 0 aromatic heterocycles. The van der Waals surface area contributed by atoms with E-state index in [9.17, 15) is 9.59 Å². The van der Waals surface area contributed by atoms with Gasteiger partial charge in [-0.1, -0.05) is 13.8 Å². The van der Waals surface area contributed by atoms with Crippen LogP contribution in [0.25, 0.3) is 0 Å². The molecule has 0 aromatic rings. The molecule has 1 fully saturated rings. The molecule has 16 heavy (non-hydrogen) atoms.